The summed E-state index contributed by atoms with van der Waals surface area (Å²) in [5, 5.41) is 0. The molecule has 3 heterocycles. The molecule has 1 unspecified atom stereocenters. The predicted octanol–water partition coefficient (Wildman–Crippen LogP) is 0.527. The minimum Gasteiger partial charge on any atom is -0.384 e. The number of nitrogens with two attached hydrogens (primary N) is 1. The van der Waals surface area contributed by atoms with E-state index < -0.39 is 0 Å². The second-order valence-electron chi connectivity index (χ2n) is 5.54. The molecule has 0 aliphatic carbocycles. The largest absolute Gasteiger partial charge is 0.384 e. The van der Waals surface area contributed by atoms with Crippen LogP contribution in [0.3, 0.4) is 0 Å². The Kier molecular flexibility index (Phi) is 3.86. The number of nitrogens with zero attached hydrogens (tertiary/aromatic N) is 5. The van der Waals surface area contributed by atoms with Crippen molar-refractivity contribution in [1.29, 1.82) is 0 Å². The van der Waals surface area contributed by atoms with Crippen molar-refractivity contribution in [2.45, 2.75) is 19.3 Å². The molecule has 0 radical (unpaired) electrons. The average Bonchev–Trinajstić information content (AvgIpc) is 3.09. The summed E-state index contributed by atoms with van der Waals surface area (Å²) in [6, 6.07) is 0. The van der Waals surface area contributed by atoms with Crippen LogP contribution in [-0.2, 0) is 4.74 Å². The molecular weight excluding hydrogens is 256 g/mol. The summed E-state index contributed by atoms with van der Waals surface area (Å²) >= 11 is 0. The van der Waals surface area contributed by atoms with E-state index in [4.69, 9.17) is 10.5 Å². The van der Waals surface area contributed by atoms with Crippen LogP contribution in [0.25, 0.3) is 0 Å². The SMILES string of the molecule is COCC1CCN(c2nc(N)nc(N3CCCC3)n2)C1. The van der Waals surface area contributed by atoms with Gasteiger partial charge < -0.3 is 20.3 Å². The van der Waals surface area contributed by atoms with Crippen LogP contribution >= 0.6 is 0 Å². The third-order valence-electron chi connectivity index (χ3n) is 3.99. The minimum atomic E-state index is 0.312. The molecule has 20 heavy (non-hydrogen) atoms. The van der Waals surface area contributed by atoms with Crippen molar-refractivity contribution in [2.24, 2.45) is 5.92 Å². The van der Waals surface area contributed by atoms with Gasteiger partial charge in [-0.05, 0) is 19.3 Å². The maximum absolute atomic E-state index is 5.85. The van der Waals surface area contributed by atoms with Crippen LogP contribution in [0.1, 0.15) is 19.3 Å². The highest BCUT2D eigenvalue weighted by molar-refractivity contribution is 5.44. The standard InChI is InChI=1S/C13H22N6O/c1-20-9-10-4-7-19(8-10)13-16-11(14)15-12(17-13)18-5-2-3-6-18/h10H,2-9H2,1H3,(H2,14,15,16,17). The Labute approximate surface area is 119 Å². The number of methoxy groups -OCH3 is 1. The fourth-order valence-corrected chi connectivity index (χ4v) is 2.96. The average molecular weight is 278 g/mol. The quantitative estimate of drug-likeness (QED) is 0.860. The van der Waals surface area contributed by atoms with Crippen LogP contribution in [0.15, 0.2) is 0 Å². The highest BCUT2D eigenvalue weighted by Crippen LogP contribution is 2.24. The fourth-order valence-electron chi connectivity index (χ4n) is 2.96. The fraction of sp³-hybridized carbons (Fsp3) is 0.769. The number of rotatable bonds is 4. The molecule has 0 aromatic carbocycles. The van der Waals surface area contributed by atoms with Crippen molar-refractivity contribution in [2.75, 3.05) is 55.4 Å². The monoisotopic (exact) mass is 278 g/mol. The van der Waals surface area contributed by atoms with Gasteiger partial charge in [0.05, 0.1) is 6.61 Å². The highest BCUT2D eigenvalue weighted by atomic mass is 16.5. The van der Waals surface area contributed by atoms with Gasteiger partial charge in [0.2, 0.25) is 17.8 Å². The Balaban J connectivity index is 1.76. The topological polar surface area (TPSA) is 80.4 Å². The first kappa shape index (κ1) is 13.4. The van der Waals surface area contributed by atoms with Crippen LogP contribution in [0.5, 0.6) is 0 Å². The molecular formula is C13H22N6O. The van der Waals surface area contributed by atoms with Gasteiger partial charge in [0.1, 0.15) is 0 Å². The molecule has 1 aromatic heterocycles. The molecule has 3 rings (SSSR count). The van der Waals surface area contributed by atoms with E-state index in [0.717, 1.165) is 45.2 Å². The van der Waals surface area contributed by atoms with Gasteiger partial charge in [-0.15, -0.1) is 0 Å². The summed E-state index contributed by atoms with van der Waals surface area (Å²) in [7, 11) is 1.75. The maximum atomic E-state index is 5.85. The van der Waals surface area contributed by atoms with E-state index in [1.54, 1.807) is 7.11 Å². The summed E-state index contributed by atoms with van der Waals surface area (Å²) in [6.45, 7) is 4.69. The van der Waals surface area contributed by atoms with Crippen molar-refractivity contribution in [3.63, 3.8) is 0 Å². The van der Waals surface area contributed by atoms with E-state index in [2.05, 4.69) is 24.8 Å². The lowest BCUT2D eigenvalue weighted by Crippen LogP contribution is -2.27. The van der Waals surface area contributed by atoms with Gasteiger partial charge in [-0.1, -0.05) is 0 Å². The molecule has 110 valence electrons. The Morgan fingerprint density at radius 1 is 1.10 bits per heavy atom. The van der Waals surface area contributed by atoms with Crippen LogP contribution in [0.4, 0.5) is 17.8 Å². The molecule has 7 nitrogen and oxygen atoms in total. The van der Waals surface area contributed by atoms with E-state index >= 15 is 0 Å². The third kappa shape index (κ3) is 2.77. The summed E-state index contributed by atoms with van der Waals surface area (Å²) in [5.74, 6) is 2.29. The summed E-state index contributed by atoms with van der Waals surface area (Å²) in [6.07, 6.45) is 3.50. The number of nitrogen functional groups attached to an aromatic ring is 1. The lowest BCUT2D eigenvalue weighted by Gasteiger charge is -2.20. The van der Waals surface area contributed by atoms with Gasteiger partial charge in [-0.25, -0.2) is 0 Å². The van der Waals surface area contributed by atoms with E-state index in [1.807, 2.05) is 0 Å². The van der Waals surface area contributed by atoms with Gasteiger partial charge in [-0.3, -0.25) is 0 Å². The number of aromatic nitrogens is 3. The lowest BCUT2D eigenvalue weighted by molar-refractivity contribution is 0.161. The second kappa shape index (κ2) is 5.78. The molecule has 2 aliphatic rings. The second-order valence-corrected chi connectivity index (χ2v) is 5.54. The zero-order valence-electron chi connectivity index (χ0n) is 12.0. The molecule has 2 saturated heterocycles. The molecule has 0 bridgehead atoms. The number of ether oxygens (including phenoxy) is 1. The van der Waals surface area contributed by atoms with E-state index in [0.29, 0.717) is 17.8 Å². The van der Waals surface area contributed by atoms with Crippen molar-refractivity contribution in [1.82, 2.24) is 15.0 Å². The van der Waals surface area contributed by atoms with Gasteiger partial charge in [0.25, 0.3) is 0 Å². The van der Waals surface area contributed by atoms with Crippen molar-refractivity contribution < 1.29 is 4.74 Å². The summed E-state index contributed by atoms with van der Waals surface area (Å²) in [5.41, 5.74) is 5.85. The molecule has 2 N–H and O–H groups in total. The Hall–Kier alpha value is -1.63. The van der Waals surface area contributed by atoms with Crippen molar-refractivity contribution >= 4 is 17.8 Å². The molecule has 0 amide bonds. The van der Waals surface area contributed by atoms with Crippen LogP contribution in [0, 0.1) is 5.92 Å². The van der Waals surface area contributed by atoms with E-state index in [9.17, 15) is 0 Å². The molecule has 7 heteroatoms. The first-order chi connectivity index (χ1) is 9.76. The Morgan fingerprint density at radius 2 is 1.80 bits per heavy atom. The number of hydrogen-bond acceptors (Lipinski definition) is 7. The normalized spacial score (nSPS) is 22.8. The molecule has 1 aromatic rings. The Bertz CT molecular complexity index is 462. The van der Waals surface area contributed by atoms with E-state index in [1.165, 1.54) is 12.8 Å². The molecule has 0 saturated carbocycles. The molecule has 1 atom stereocenters. The van der Waals surface area contributed by atoms with Crippen LogP contribution < -0.4 is 15.5 Å². The first-order valence-electron chi connectivity index (χ1n) is 7.26. The number of hydrogen-bond donors (Lipinski definition) is 1. The third-order valence-corrected chi connectivity index (χ3v) is 3.99. The van der Waals surface area contributed by atoms with E-state index in [-0.39, 0.29) is 0 Å². The zero-order valence-corrected chi connectivity index (χ0v) is 12.0. The summed E-state index contributed by atoms with van der Waals surface area (Å²) in [4.78, 5) is 17.5. The maximum Gasteiger partial charge on any atom is 0.231 e. The summed E-state index contributed by atoms with van der Waals surface area (Å²) < 4.78 is 5.23. The van der Waals surface area contributed by atoms with Crippen molar-refractivity contribution in [3.8, 4) is 0 Å². The van der Waals surface area contributed by atoms with Gasteiger partial charge >= 0.3 is 0 Å². The smallest absolute Gasteiger partial charge is 0.231 e. The Morgan fingerprint density at radius 3 is 2.50 bits per heavy atom. The number of anilines is 3. The van der Waals surface area contributed by atoms with Crippen molar-refractivity contribution in [3.05, 3.63) is 0 Å². The van der Waals surface area contributed by atoms with Crippen LogP contribution in [0.2, 0.25) is 0 Å². The van der Waals surface area contributed by atoms with Crippen LogP contribution in [-0.4, -0.2) is 54.8 Å². The molecule has 2 aliphatic heterocycles. The highest BCUT2D eigenvalue weighted by Gasteiger charge is 2.26. The zero-order chi connectivity index (χ0) is 13.9. The lowest BCUT2D eigenvalue weighted by atomic mass is 10.1. The van der Waals surface area contributed by atoms with Gasteiger partial charge in [-0.2, -0.15) is 15.0 Å². The molecule has 2 fully saturated rings. The van der Waals surface area contributed by atoms with Gasteiger partial charge in [0, 0.05) is 39.2 Å². The predicted molar refractivity (Wildman–Crippen MR) is 77.9 cm³/mol. The molecule has 0 spiro atoms. The van der Waals surface area contributed by atoms with Gasteiger partial charge in [0.15, 0.2) is 0 Å². The first-order valence-corrected chi connectivity index (χ1v) is 7.26. The minimum absolute atomic E-state index is 0.312.